The van der Waals surface area contributed by atoms with Gasteiger partial charge in [0.2, 0.25) is 0 Å². The molecular formula is C17H36N2. The van der Waals surface area contributed by atoms with Crippen molar-refractivity contribution in [3.63, 3.8) is 0 Å². The molecule has 0 aliphatic heterocycles. The predicted molar refractivity (Wildman–Crippen MR) is 85.6 cm³/mol. The van der Waals surface area contributed by atoms with Crippen LogP contribution in [0.25, 0.3) is 0 Å². The molecule has 0 aromatic rings. The average molecular weight is 268 g/mol. The third kappa shape index (κ3) is 7.31. The van der Waals surface area contributed by atoms with Crippen molar-refractivity contribution in [2.45, 2.75) is 59.3 Å². The maximum atomic E-state index is 3.66. The fourth-order valence-corrected chi connectivity index (χ4v) is 3.22. The van der Waals surface area contributed by atoms with Crippen LogP contribution in [0.2, 0.25) is 0 Å². The van der Waals surface area contributed by atoms with Crippen LogP contribution in [0.5, 0.6) is 0 Å². The minimum absolute atomic E-state index is 0.518. The van der Waals surface area contributed by atoms with Crippen molar-refractivity contribution in [2.24, 2.45) is 17.3 Å². The highest BCUT2D eigenvalue weighted by Gasteiger charge is 2.29. The van der Waals surface area contributed by atoms with Crippen molar-refractivity contribution in [1.82, 2.24) is 10.2 Å². The highest BCUT2D eigenvalue weighted by atomic mass is 15.0. The van der Waals surface area contributed by atoms with Crippen LogP contribution in [-0.2, 0) is 0 Å². The topological polar surface area (TPSA) is 15.3 Å². The lowest BCUT2D eigenvalue weighted by atomic mass is 9.70. The molecule has 0 amide bonds. The zero-order valence-electron chi connectivity index (χ0n) is 14.0. The van der Waals surface area contributed by atoms with E-state index in [-0.39, 0.29) is 0 Å². The minimum atomic E-state index is 0.518. The Bertz CT molecular complexity index is 222. The molecule has 1 aliphatic rings. The van der Waals surface area contributed by atoms with Gasteiger partial charge in [0.1, 0.15) is 0 Å². The first-order chi connectivity index (χ1) is 8.89. The molecule has 0 radical (unpaired) electrons. The second-order valence-corrected chi connectivity index (χ2v) is 7.80. The number of rotatable bonds is 7. The van der Waals surface area contributed by atoms with E-state index >= 15 is 0 Å². The van der Waals surface area contributed by atoms with E-state index in [1.54, 1.807) is 0 Å². The summed E-state index contributed by atoms with van der Waals surface area (Å²) in [5.41, 5.74) is 0.518. The molecule has 114 valence electrons. The molecule has 1 saturated carbocycles. The van der Waals surface area contributed by atoms with E-state index in [0.717, 1.165) is 11.8 Å². The molecule has 19 heavy (non-hydrogen) atoms. The fourth-order valence-electron chi connectivity index (χ4n) is 3.22. The van der Waals surface area contributed by atoms with Crippen LogP contribution >= 0.6 is 0 Å². The summed E-state index contributed by atoms with van der Waals surface area (Å²) in [7, 11) is 4.31. The van der Waals surface area contributed by atoms with Gasteiger partial charge in [0, 0.05) is 0 Å². The Labute approximate surface area is 121 Å². The Morgan fingerprint density at radius 2 is 1.63 bits per heavy atom. The number of nitrogens with zero attached hydrogens (tertiary/aromatic N) is 1. The van der Waals surface area contributed by atoms with Crippen LogP contribution in [0.15, 0.2) is 0 Å². The van der Waals surface area contributed by atoms with Gasteiger partial charge in [-0.3, -0.25) is 0 Å². The highest BCUT2D eigenvalue weighted by molar-refractivity contribution is 4.81. The number of nitrogens with one attached hydrogen (secondary N) is 1. The Hall–Kier alpha value is -0.0800. The quantitative estimate of drug-likeness (QED) is 0.707. The van der Waals surface area contributed by atoms with Crippen molar-refractivity contribution in [3.05, 3.63) is 0 Å². The standard InChI is InChI=1S/C17H36N2/c1-17(2,3)16-10-8-15(9-11-16)14-18-12-6-7-13-19(4)5/h15-16,18H,6-14H2,1-5H3. The zero-order valence-corrected chi connectivity index (χ0v) is 14.0. The lowest BCUT2D eigenvalue weighted by molar-refractivity contribution is 0.149. The Morgan fingerprint density at radius 1 is 1.00 bits per heavy atom. The summed E-state index contributed by atoms with van der Waals surface area (Å²) in [6.45, 7) is 10.9. The van der Waals surface area contributed by atoms with Gasteiger partial charge in [-0.05, 0) is 89.5 Å². The van der Waals surface area contributed by atoms with Crippen LogP contribution in [0.3, 0.4) is 0 Å². The van der Waals surface area contributed by atoms with Crippen molar-refractivity contribution in [2.75, 3.05) is 33.7 Å². The summed E-state index contributed by atoms with van der Waals surface area (Å²) < 4.78 is 0. The minimum Gasteiger partial charge on any atom is -0.316 e. The highest BCUT2D eigenvalue weighted by Crippen LogP contribution is 2.39. The van der Waals surface area contributed by atoms with E-state index in [9.17, 15) is 0 Å². The summed E-state index contributed by atoms with van der Waals surface area (Å²) in [4.78, 5) is 2.27. The Balaban J connectivity index is 2.01. The molecule has 1 rings (SSSR count). The van der Waals surface area contributed by atoms with Crippen molar-refractivity contribution < 1.29 is 0 Å². The molecular weight excluding hydrogens is 232 g/mol. The smallest absolute Gasteiger partial charge is 0.00205 e. The molecule has 1 N–H and O–H groups in total. The third-order valence-corrected chi connectivity index (χ3v) is 4.71. The van der Waals surface area contributed by atoms with Gasteiger partial charge in [0.15, 0.2) is 0 Å². The molecule has 1 aliphatic carbocycles. The largest absolute Gasteiger partial charge is 0.316 e. The second-order valence-electron chi connectivity index (χ2n) is 7.80. The van der Waals surface area contributed by atoms with Crippen LogP contribution in [-0.4, -0.2) is 38.6 Å². The molecule has 0 atom stereocenters. The van der Waals surface area contributed by atoms with E-state index in [1.165, 1.54) is 58.2 Å². The van der Waals surface area contributed by atoms with Crippen molar-refractivity contribution in [1.29, 1.82) is 0 Å². The van der Waals surface area contributed by atoms with Gasteiger partial charge in [-0.25, -0.2) is 0 Å². The summed E-state index contributed by atoms with van der Waals surface area (Å²) in [6, 6.07) is 0. The second kappa shape index (κ2) is 8.26. The van der Waals surface area contributed by atoms with Crippen LogP contribution in [0.1, 0.15) is 59.3 Å². The molecule has 0 aromatic heterocycles. The first kappa shape index (κ1) is 17.0. The molecule has 0 spiro atoms. The zero-order chi connectivity index (χ0) is 14.3. The molecule has 0 unspecified atom stereocenters. The van der Waals surface area contributed by atoms with Gasteiger partial charge in [0.05, 0.1) is 0 Å². The van der Waals surface area contributed by atoms with E-state index in [1.807, 2.05) is 0 Å². The monoisotopic (exact) mass is 268 g/mol. The fraction of sp³-hybridized carbons (Fsp3) is 1.00. The number of unbranched alkanes of at least 4 members (excludes halogenated alkanes) is 1. The van der Waals surface area contributed by atoms with Crippen LogP contribution in [0.4, 0.5) is 0 Å². The maximum absolute atomic E-state index is 3.66. The van der Waals surface area contributed by atoms with Crippen molar-refractivity contribution in [3.8, 4) is 0 Å². The van der Waals surface area contributed by atoms with Gasteiger partial charge in [0.25, 0.3) is 0 Å². The third-order valence-electron chi connectivity index (χ3n) is 4.71. The average Bonchev–Trinajstić information content (AvgIpc) is 2.32. The normalized spacial score (nSPS) is 24.9. The SMILES string of the molecule is CN(C)CCCCNCC1CCC(C(C)(C)C)CC1. The molecule has 0 heterocycles. The Morgan fingerprint density at radius 3 is 2.16 bits per heavy atom. The van der Waals surface area contributed by atoms with Gasteiger partial charge >= 0.3 is 0 Å². The first-order valence-electron chi connectivity index (χ1n) is 8.25. The van der Waals surface area contributed by atoms with Crippen LogP contribution < -0.4 is 5.32 Å². The van der Waals surface area contributed by atoms with E-state index < -0.39 is 0 Å². The van der Waals surface area contributed by atoms with Gasteiger partial charge in [-0.2, -0.15) is 0 Å². The van der Waals surface area contributed by atoms with E-state index in [2.05, 4.69) is 45.1 Å². The van der Waals surface area contributed by atoms with Crippen molar-refractivity contribution >= 4 is 0 Å². The molecule has 1 fully saturated rings. The summed E-state index contributed by atoms with van der Waals surface area (Å²) in [6.07, 6.45) is 8.39. The summed E-state index contributed by atoms with van der Waals surface area (Å²) in [5, 5.41) is 3.66. The lowest BCUT2D eigenvalue weighted by Crippen LogP contribution is -2.31. The maximum Gasteiger partial charge on any atom is -0.00205 e. The molecule has 0 aromatic carbocycles. The van der Waals surface area contributed by atoms with Crippen LogP contribution in [0, 0.1) is 17.3 Å². The lowest BCUT2D eigenvalue weighted by Gasteiger charge is -2.37. The van der Waals surface area contributed by atoms with Gasteiger partial charge in [-0.15, -0.1) is 0 Å². The molecule has 2 nitrogen and oxygen atoms in total. The van der Waals surface area contributed by atoms with E-state index in [0.29, 0.717) is 5.41 Å². The van der Waals surface area contributed by atoms with Gasteiger partial charge < -0.3 is 10.2 Å². The molecule has 0 bridgehead atoms. The summed E-state index contributed by atoms with van der Waals surface area (Å²) >= 11 is 0. The summed E-state index contributed by atoms with van der Waals surface area (Å²) in [5.74, 6) is 1.89. The van der Waals surface area contributed by atoms with E-state index in [4.69, 9.17) is 0 Å². The number of hydrogen-bond donors (Lipinski definition) is 1. The first-order valence-corrected chi connectivity index (χ1v) is 8.25. The number of hydrogen-bond acceptors (Lipinski definition) is 2. The predicted octanol–water partition coefficient (Wildman–Crippen LogP) is 3.77. The van der Waals surface area contributed by atoms with Gasteiger partial charge in [-0.1, -0.05) is 20.8 Å². The molecule has 2 heteroatoms. The molecule has 0 saturated heterocycles. The Kier molecular flexibility index (Phi) is 7.38.